The summed E-state index contributed by atoms with van der Waals surface area (Å²) in [4.78, 5) is 15.6. The summed E-state index contributed by atoms with van der Waals surface area (Å²) in [7, 11) is 0. The van der Waals surface area contributed by atoms with Crippen LogP contribution in [-0.2, 0) is 12.8 Å². The van der Waals surface area contributed by atoms with Crippen LogP contribution >= 0.6 is 0 Å². The van der Waals surface area contributed by atoms with Crippen LogP contribution in [0.15, 0.2) is 18.2 Å². The molecular weight excluding hydrogens is 302 g/mol. The zero-order valence-corrected chi connectivity index (χ0v) is 14.1. The van der Waals surface area contributed by atoms with E-state index in [4.69, 9.17) is 0 Å². The van der Waals surface area contributed by atoms with Crippen molar-refractivity contribution in [2.24, 2.45) is 5.92 Å². The van der Waals surface area contributed by atoms with Crippen LogP contribution in [0.5, 0.6) is 0 Å². The minimum absolute atomic E-state index is 0.148. The molecule has 0 bridgehead atoms. The number of fused-ring (bicyclic) bond motifs is 3. The van der Waals surface area contributed by atoms with Crippen LogP contribution in [0.2, 0.25) is 0 Å². The molecule has 5 nitrogen and oxygen atoms in total. The largest absolute Gasteiger partial charge is 0.391 e. The van der Waals surface area contributed by atoms with Crippen molar-refractivity contribution in [1.82, 2.24) is 15.6 Å². The van der Waals surface area contributed by atoms with Gasteiger partial charge >= 0.3 is 6.03 Å². The predicted octanol–water partition coefficient (Wildman–Crippen LogP) is 2.40. The molecule has 4 rings (SSSR count). The van der Waals surface area contributed by atoms with Gasteiger partial charge in [-0.3, -0.25) is 0 Å². The van der Waals surface area contributed by atoms with Crippen LogP contribution in [0.25, 0.3) is 10.9 Å². The highest BCUT2D eigenvalue weighted by Gasteiger charge is 2.30. The maximum Gasteiger partial charge on any atom is 0.315 e. The first kappa shape index (κ1) is 15.5. The van der Waals surface area contributed by atoms with Gasteiger partial charge in [-0.25, -0.2) is 4.79 Å². The summed E-state index contributed by atoms with van der Waals surface area (Å²) < 4.78 is 0. The number of amides is 2. The number of urea groups is 1. The highest BCUT2D eigenvalue weighted by molar-refractivity contribution is 5.86. The first-order valence-electron chi connectivity index (χ1n) is 8.92. The first-order chi connectivity index (χ1) is 11.6. The lowest BCUT2D eigenvalue weighted by atomic mass is 9.91. The number of aryl methyl sites for hydroxylation is 2. The zero-order valence-electron chi connectivity index (χ0n) is 14.1. The molecule has 2 aliphatic rings. The number of nitrogens with one attached hydrogen (secondary N) is 3. The van der Waals surface area contributed by atoms with Gasteiger partial charge in [-0.2, -0.15) is 0 Å². The molecule has 1 aromatic heterocycles. The van der Waals surface area contributed by atoms with Crippen molar-refractivity contribution >= 4 is 16.9 Å². The lowest BCUT2D eigenvalue weighted by Crippen LogP contribution is -2.46. The van der Waals surface area contributed by atoms with Crippen molar-refractivity contribution in [2.75, 3.05) is 6.54 Å². The second-order valence-electron chi connectivity index (χ2n) is 7.33. The summed E-state index contributed by atoms with van der Waals surface area (Å²) in [6.45, 7) is 2.46. The zero-order chi connectivity index (χ0) is 16.7. The van der Waals surface area contributed by atoms with Crippen LogP contribution in [0.4, 0.5) is 4.79 Å². The second kappa shape index (κ2) is 6.13. The van der Waals surface area contributed by atoms with E-state index in [1.807, 2.05) is 0 Å². The number of rotatable bonds is 4. The van der Waals surface area contributed by atoms with Crippen molar-refractivity contribution in [1.29, 1.82) is 0 Å². The lowest BCUT2D eigenvalue weighted by Gasteiger charge is -2.24. The number of carbonyl (C=O) groups excluding carboxylic acids is 1. The van der Waals surface area contributed by atoms with E-state index < -0.39 is 6.10 Å². The Balaban J connectivity index is 1.39. The van der Waals surface area contributed by atoms with Gasteiger partial charge in [0.05, 0.1) is 6.10 Å². The standard InChI is InChI=1S/C19H25N3O2/c1-11-2-6-16-14(8-11)15-9-13(5-7-17(15)22-16)21-19(24)20-10-18(23)12-3-4-12/h2,6,8,12-13,18,22-23H,3-5,7,9-10H2,1H3,(H2,20,21,24). The van der Waals surface area contributed by atoms with Crippen molar-refractivity contribution in [3.63, 3.8) is 0 Å². The van der Waals surface area contributed by atoms with Gasteiger partial charge in [0, 0.05) is 29.2 Å². The normalized spacial score (nSPS) is 21.3. The smallest absolute Gasteiger partial charge is 0.315 e. The average molecular weight is 327 g/mol. The molecule has 2 amide bonds. The highest BCUT2D eigenvalue weighted by atomic mass is 16.3. The van der Waals surface area contributed by atoms with Crippen molar-refractivity contribution in [3.8, 4) is 0 Å². The fraction of sp³-hybridized carbons (Fsp3) is 0.526. The third-order valence-corrected chi connectivity index (χ3v) is 5.32. The number of hydrogen-bond donors (Lipinski definition) is 4. The SMILES string of the molecule is Cc1ccc2[nH]c3c(c2c1)CC(NC(=O)NCC(O)C1CC1)CC3. The topological polar surface area (TPSA) is 77.2 Å². The van der Waals surface area contributed by atoms with Crippen molar-refractivity contribution in [3.05, 3.63) is 35.0 Å². The molecule has 4 N–H and O–H groups in total. The molecule has 1 heterocycles. The number of hydrogen-bond acceptors (Lipinski definition) is 2. The molecule has 1 fully saturated rings. The Kier molecular flexibility index (Phi) is 3.96. The molecule has 2 aliphatic carbocycles. The number of aromatic amines is 1. The van der Waals surface area contributed by atoms with Gasteiger partial charge in [0.25, 0.3) is 0 Å². The summed E-state index contributed by atoms with van der Waals surface area (Å²) in [5.41, 5.74) is 5.08. The third-order valence-electron chi connectivity index (χ3n) is 5.32. The van der Waals surface area contributed by atoms with Gasteiger partial charge in [0.2, 0.25) is 0 Å². The van der Waals surface area contributed by atoms with Crippen molar-refractivity contribution < 1.29 is 9.90 Å². The minimum Gasteiger partial charge on any atom is -0.391 e. The maximum absolute atomic E-state index is 12.1. The Morgan fingerprint density at radius 2 is 2.21 bits per heavy atom. The van der Waals surface area contributed by atoms with Crippen LogP contribution in [0.3, 0.4) is 0 Å². The summed E-state index contributed by atoms with van der Waals surface area (Å²) in [5.74, 6) is 0.386. The van der Waals surface area contributed by atoms with E-state index in [0.717, 1.165) is 32.1 Å². The average Bonchev–Trinajstić information content (AvgIpc) is 3.35. The molecule has 0 saturated heterocycles. The van der Waals surface area contributed by atoms with Crippen LogP contribution in [-0.4, -0.2) is 34.8 Å². The van der Waals surface area contributed by atoms with E-state index in [-0.39, 0.29) is 12.1 Å². The van der Waals surface area contributed by atoms with E-state index in [9.17, 15) is 9.90 Å². The monoisotopic (exact) mass is 327 g/mol. The summed E-state index contributed by atoms with van der Waals surface area (Å²) in [5, 5.41) is 17.0. The highest BCUT2D eigenvalue weighted by Crippen LogP contribution is 2.32. The van der Waals surface area contributed by atoms with E-state index in [1.165, 1.54) is 27.7 Å². The second-order valence-corrected chi connectivity index (χ2v) is 7.33. The molecule has 0 spiro atoms. The van der Waals surface area contributed by atoms with E-state index in [2.05, 4.69) is 40.7 Å². The number of H-pyrrole nitrogens is 1. The number of carbonyl (C=O) groups is 1. The summed E-state index contributed by atoms with van der Waals surface area (Å²) in [6.07, 6.45) is 4.52. The van der Waals surface area contributed by atoms with Crippen LogP contribution in [0.1, 0.15) is 36.1 Å². The Labute approximate surface area is 141 Å². The Morgan fingerprint density at radius 3 is 3.00 bits per heavy atom. The predicted molar refractivity (Wildman–Crippen MR) is 94.1 cm³/mol. The molecule has 1 saturated carbocycles. The fourth-order valence-electron chi connectivity index (χ4n) is 3.74. The number of aromatic nitrogens is 1. The fourth-order valence-corrected chi connectivity index (χ4v) is 3.74. The van der Waals surface area contributed by atoms with E-state index in [1.54, 1.807) is 0 Å². The minimum atomic E-state index is -0.398. The lowest BCUT2D eigenvalue weighted by molar-refractivity contribution is 0.148. The summed E-state index contributed by atoms with van der Waals surface area (Å²) in [6, 6.07) is 6.46. The Hall–Kier alpha value is -2.01. The molecule has 24 heavy (non-hydrogen) atoms. The first-order valence-corrected chi connectivity index (χ1v) is 8.92. The van der Waals surface area contributed by atoms with Crippen molar-refractivity contribution in [2.45, 2.75) is 51.2 Å². The Morgan fingerprint density at radius 1 is 1.38 bits per heavy atom. The van der Waals surface area contributed by atoms with Gasteiger partial charge in [-0.15, -0.1) is 0 Å². The van der Waals surface area contributed by atoms with E-state index >= 15 is 0 Å². The molecule has 0 radical (unpaired) electrons. The Bertz CT molecular complexity index is 763. The van der Waals surface area contributed by atoms with Crippen LogP contribution in [0, 0.1) is 12.8 Å². The van der Waals surface area contributed by atoms with Gasteiger partial charge < -0.3 is 20.7 Å². The molecule has 5 heteroatoms. The van der Waals surface area contributed by atoms with Gasteiger partial charge in [-0.05, 0) is 62.6 Å². The third kappa shape index (κ3) is 3.13. The summed E-state index contributed by atoms with van der Waals surface area (Å²) >= 11 is 0. The molecule has 128 valence electrons. The van der Waals surface area contributed by atoms with Crippen LogP contribution < -0.4 is 10.6 Å². The molecule has 2 aromatic rings. The van der Waals surface area contributed by atoms with E-state index in [0.29, 0.717) is 12.5 Å². The quantitative estimate of drug-likeness (QED) is 0.696. The molecule has 2 atom stereocenters. The molecule has 1 aromatic carbocycles. The molecule has 2 unspecified atom stereocenters. The molecular formula is C19H25N3O2. The van der Waals surface area contributed by atoms with Gasteiger partial charge in [-0.1, -0.05) is 11.6 Å². The van der Waals surface area contributed by atoms with Gasteiger partial charge in [0.15, 0.2) is 0 Å². The van der Waals surface area contributed by atoms with Gasteiger partial charge in [0.1, 0.15) is 0 Å². The number of aliphatic hydroxyl groups excluding tert-OH is 1. The number of benzene rings is 1. The maximum atomic E-state index is 12.1. The molecule has 0 aliphatic heterocycles. The number of aliphatic hydroxyl groups is 1.